The van der Waals surface area contributed by atoms with Gasteiger partial charge in [-0.3, -0.25) is 9.88 Å². The van der Waals surface area contributed by atoms with Crippen LogP contribution in [0.4, 0.5) is 0 Å². The zero-order valence-electron chi connectivity index (χ0n) is 14.1. The van der Waals surface area contributed by atoms with E-state index in [9.17, 15) is 4.79 Å². The van der Waals surface area contributed by atoms with Crippen LogP contribution >= 0.6 is 0 Å². The largest absolute Gasteiger partial charge is 0.478 e. The number of carboxylic acids is 1. The third kappa shape index (κ3) is 3.48. The molecule has 3 heterocycles. The Morgan fingerprint density at radius 2 is 2.08 bits per heavy atom. The number of hydrogen-bond acceptors (Lipinski definition) is 6. The predicted octanol–water partition coefficient (Wildman–Crippen LogP) is 2.82. The fourth-order valence-electron chi connectivity index (χ4n) is 3.19. The second-order valence-electron chi connectivity index (χ2n) is 6.41. The molecule has 0 saturated carbocycles. The number of aromatic carboxylic acids is 1. The molecule has 1 aromatic carbocycles. The van der Waals surface area contributed by atoms with E-state index in [1.54, 1.807) is 24.5 Å². The smallest absolute Gasteiger partial charge is 0.335 e. The van der Waals surface area contributed by atoms with Crippen molar-refractivity contribution in [1.82, 2.24) is 20.1 Å². The lowest BCUT2D eigenvalue weighted by molar-refractivity contribution is 0.0697. The number of hydrogen-bond donors (Lipinski definition) is 1. The molecular weight excluding hydrogens is 332 g/mol. The highest BCUT2D eigenvalue weighted by Gasteiger charge is 2.28. The Bertz CT molecular complexity index is 893. The average molecular weight is 350 g/mol. The molecule has 0 spiro atoms. The van der Waals surface area contributed by atoms with E-state index in [4.69, 9.17) is 9.52 Å². The van der Waals surface area contributed by atoms with E-state index in [-0.39, 0.29) is 5.92 Å². The van der Waals surface area contributed by atoms with Crippen molar-refractivity contribution >= 4 is 5.97 Å². The molecule has 7 nitrogen and oxygen atoms in total. The van der Waals surface area contributed by atoms with Crippen molar-refractivity contribution in [3.63, 3.8) is 0 Å². The summed E-state index contributed by atoms with van der Waals surface area (Å²) in [5.41, 5.74) is 2.22. The minimum atomic E-state index is -0.904. The third-order valence-corrected chi connectivity index (χ3v) is 4.58. The van der Waals surface area contributed by atoms with Crippen LogP contribution in [0.5, 0.6) is 0 Å². The van der Waals surface area contributed by atoms with Crippen LogP contribution in [0.2, 0.25) is 0 Å². The van der Waals surface area contributed by atoms with Gasteiger partial charge in [-0.05, 0) is 42.8 Å². The van der Waals surface area contributed by atoms with Gasteiger partial charge in [-0.2, -0.15) is 0 Å². The summed E-state index contributed by atoms with van der Waals surface area (Å²) in [5.74, 6) is 0.466. The molecule has 1 aliphatic rings. The first-order valence-corrected chi connectivity index (χ1v) is 8.47. The van der Waals surface area contributed by atoms with Gasteiger partial charge < -0.3 is 9.52 Å². The van der Waals surface area contributed by atoms with Crippen LogP contribution in [0.15, 0.2) is 53.2 Å². The summed E-state index contributed by atoms with van der Waals surface area (Å²) in [4.78, 5) is 17.3. The molecular formula is C19H18N4O3. The van der Waals surface area contributed by atoms with Crippen molar-refractivity contribution in [2.45, 2.75) is 18.9 Å². The number of likely N-dealkylation sites (tertiary alicyclic amines) is 1. The van der Waals surface area contributed by atoms with Crippen molar-refractivity contribution in [3.05, 3.63) is 65.8 Å². The Morgan fingerprint density at radius 1 is 1.23 bits per heavy atom. The number of carbonyl (C=O) groups is 1. The highest BCUT2D eigenvalue weighted by atomic mass is 16.4. The molecule has 2 aromatic heterocycles. The first kappa shape index (κ1) is 16.4. The first-order valence-electron chi connectivity index (χ1n) is 8.47. The standard InChI is InChI=1S/C19H18N4O3/c24-19(25)14-5-3-13(4-6-14)11-23-9-7-16(12-23)18-22-21-17(26-18)15-2-1-8-20-10-15/h1-6,8,10,16H,7,9,11-12H2,(H,24,25)/t16-/m0/s1. The maximum absolute atomic E-state index is 10.9. The third-order valence-electron chi connectivity index (χ3n) is 4.58. The van der Waals surface area contributed by atoms with Crippen LogP contribution in [0.3, 0.4) is 0 Å². The van der Waals surface area contributed by atoms with Crippen LogP contribution in [0, 0.1) is 0 Å². The first-order chi connectivity index (χ1) is 12.7. The molecule has 0 bridgehead atoms. The molecule has 4 rings (SSSR count). The number of rotatable bonds is 5. The molecule has 1 saturated heterocycles. The Morgan fingerprint density at radius 3 is 2.81 bits per heavy atom. The maximum atomic E-state index is 10.9. The van der Waals surface area contributed by atoms with Crippen LogP contribution in [-0.2, 0) is 6.54 Å². The van der Waals surface area contributed by atoms with Gasteiger partial charge in [-0.25, -0.2) is 4.79 Å². The lowest BCUT2D eigenvalue weighted by Crippen LogP contribution is -2.19. The van der Waals surface area contributed by atoms with Gasteiger partial charge in [0.1, 0.15) is 0 Å². The minimum Gasteiger partial charge on any atom is -0.478 e. The summed E-state index contributed by atoms with van der Waals surface area (Å²) in [7, 11) is 0. The number of carboxylic acid groups (broad SMARTS) is 1. The van der Waals surface area contributed by atoms with Crippen LogP contribution in [0.25, 0.3) is 11.5 Å². The zero-order valence-corrected chi connectivity index (χ0v) is 14.1. The van der Waals surface area contributed by atoms with Crippen LogP contribution < -0.4 is 0 Å². The summed E-state index contributed by atoms with van der Waals surface area (Å²) < 4.78 is 5.84. The Hall–Kier alpha value is -3.06. The lowest BCUT2D eigenvalue weighted by Gasteiger charge is -2.15. The van der Waals surface area contributed by atoms with Gasteiger partial charge in [-0.1, -0.05) is 12.1 Å². The van der Waals surface area contributed by atoms with Crippen molar-refractivity contribution < 1.29 is 14.3 Å². The van der Waals surface area contributed by atoms with Gasteiger partial charge in [0.05, 0.1) is 17.0 Å². The van der Waals surface area contributed by atoms with Gasteiger partial charge >= 0.3 is 5.97 Å². The van der Waals surface area contributed by atoms with E-state index in [0.717, 1.165) is 37.2 Å². The van der Waals surface area contributed by atoms with Gasteiger partial charge in [0.15, 0.2) is 0 Å². The quantitative estimate of drug-likeness (QED) is 0.756. The van der Waals surface area contributed by atoms with Crippen LogP contribution in [-0.4, -0.2) is 44.2 Å². The molecule has 0 amide bonds. The second kappa shape index (κ2) is 7.05. The zero-order chi connectivity index (χ0) is 17.9. The predicted molar refractivity (Wildman–Crippen MR) is 93.6 cm³/mol. The number of pyridine rings is 1. The summed E-state index contributed by atoms with van der Waals surface area (Å²) in [6, 6.07) is 10.7. The fourth-order valence-corrected chi connectivity index (χ4v) is 3.19. The molecule has 7 heteroatoms. The SMILES string of the molecule is O=C(O)c1ccc(CN2CC[C@H](c3nnc(-c4cccnc4)o3)C2)cc1. The van der Waals surface area contributed by atoms with Gasteiger partial charge in [0, 0.05) is 25.5 Å². The normalized spacial score (nSPS) is 17.5. The number of benzene rings is 1. The van der Waals surface area contributed by atoms with Gasteiger partial charge in [-0.15, -0.1) is 10.2 Å². The summed E-state index contributed by atoms with van der Waals surface area (Å²) in [5, 5.41) is 17.3. The summed E-state index contributed by atoms with van der Waals surface area (Å²) in [6.45, 7) is 2.56. The lowest BCUT2D eigenvalue weighted by atomic mass is 10.1. The van der Waals surface area contributed by atoms with E-state index >= 15 is 0 Å². The molecule has 26 heavy (non-hydrogen) atoms. The molecule has 1 fully saturated rings. The van der Waals surface area contributed by atoms with Gasteiger partial charge in [0.25, 0.3) is 0 Å². The molecule has 0 radical (unpaired) electrons. The molecule has 1 aliphatic heterocycles. The van der Waals surface area contributed by atoms with Crippen molar-refractivity contribution in [2.75, 3.05) is 13.1 Å². The Labute approximate surface area is 150 Å². The molecule has 1 N–H and O–H groups in total. The fraction of sp³-hybridized carbons (Fsp3) is 0.263. The topological polar surface area (TPSA) is 92.3 Å². The second-order valence-corrected chi connectivity index (χ2v) is 6.41. The number of nitrogens with zero attached hydrogens (tertiary/aromatic N) is 4. The molecule has 132 valence electrons. The average Bonchev–Trinajstić information content (AvgIpc) is 3.32. The Balaban J connectivity index is 1.39. The highest BCUT2D eigenvalue weighted by molar-refractivity contribution is 5.87. The minimum absolute atomic E-state index is 0.214. The molecule has 1 atom stereocenters. The van der Waals surface area contributed by atoms with E-state index in [1.165, 1.54) is 0 Å². The summed E-state index contributed by atoms with van der Waals surface area (Å²) in [6.07, 6.45) is 4.37. The molecule has 0 aliphatic carbocycles. The molecule has 3 aromatic rings. The van der Waals surface area contributed by atoms with E-state index in [2.05, 4.69) is 20.1 Å². The van der Waals surface area contributed by atoms with E-state index in [0.29, 0.717) is 17.3 Å². The summed E-state index contributed by atoms with van der Waals surface area (Å²) >= 11 is 0. The van der Waals surface area contributed by atoms with Crippen molar-refractivity contribution in [1.29, 1.82) is 0 Å². The van der Waals surface area contributed by atoms with Crippen molar-refractivity contribution in [2.24, 2.45) is 0 Å². The van der Waals surface area contributed by atoms with Crippen LogP contribution in [0.1, 0.15) is 34.2 Å². The van der Waals surface area contributed by atoms with Crippen molar-refractivity contribution in [3.8, 4) is 11.5 Å². The van der Waals surface area contributed by atoms with E-state index in [1.807, 2.05) is 24.3 Å². The highest BCUT2D eigenvalue weighted by Crippen LogP contribution is 2.29. The Kier molecular flexibility index (Phi) is 4.45. The molecule has 0 unspecified atom stereocenters. The maximum Gasteiger partial charge on any atom is 0.335 e. The monoisotopic (exact) mass is 350 g/mol. The van der Waals surface area contributed by atoms with Gasteiger partial charge in [0.2, 0.25) is 11.8 Å². The van der Waals surface area contributed by atoms with E-state index < -0.39 is 5.97 Å². The number of aromatic nitrogens is 3.